The van der Waals surface area contributed by atoms with Gasteiger partial charge in [-0.05, 0) is 90.6 Å². The molecule has 2 atom stereocenters. The molecule has 3 aromatic carbocycles. The van der Waals surface area contributed by atoms with Gasteiger partial charge in [0.25, 0.3) is 0 Å². The van der Waals surface area contributed by atoms with E-state index in [-0.39, 0.29) is 0 Å². The van der Waals surface area contributed by atoms with Crippen LogP contribution in [-0.4, -0.2) is 18.2 Å². The lowest BCUT2D eigenvalue weighted by atomic mass is 9.69. The first-order valence-corrected chi connectivity index (χ1v) is 11.0. The van der Waals surface area contributed by atoms with E-state index in [2.05, 4.69) is 66.0 Å². The lowest BCUT2D eigenvalue weighted by Crippen LogP contribution is -2.26. The maximum absolute atomic E-state index is 10.0. The standard InChI is InChI=1S/C27H29NO/c29-24-11-13-26-23(18-24)10-12-25(21-4-2-1-3-5-21)27(26)22-8-6-19(7-9-22)20-14-16-28-17-15-20/h1-9,11,13,18,20,25,27-29H,10,12,14-17H2. The van der Waals surface area contributed by atoms with E-state index in [1.54, 1.807) is 0 Å². The monoisotopic (exact) mass is 383 g/mol. The summed E-state index contributed by atoms with van der Waals surface area (Å²) in [7, 11) is 0. The van der Waals surface area contributed by atoms with Gasteiger partial charge in [-0.25, -0.2) is 0 Å². The van der Waals surface area contributed by atoms with E-state index >= 15 is 0 Å². The molecule has 2 heteroatoms. The Labute approximate surface area is 173 Å². The van der Waals surface area contributed by atoms with Gasteiger partial charge in [0, 0.05) is 5.92 Å². The zero-order valence-electron chi connectivity index (χ0n) is 16.9. The summed E-state index contributed by atoms with van der Waals surface area (Å²) < 4.78 is 0. The Morgan fingerprint density at radius 3 is 2.21 bits per heavy atom. The molecule has 2 N–H and O–H groups in total. The van der Waals surface area contributed by atoms with E-state index in [0.717, 1.165) is 25.9 Å². The predicted molar refractivity (Wildman–Crippen MR) is 119 cm³/mol. The van der Waals surface area contributed by atoms with Gasteiger partial charge in [-0.1, -0.05) is 60.7 Å². The van der Waals surface area contributed by atoms with Crippen LogP contribution in [0, 0.1) is 0 Å². The van der Waals surface area contributed by atoms with E-state index in [4.69, 9.17) is 0 Å². The third-order valence-corrected chi connectivity index (χ3v) is 6.92. The van der Waals surface area contributed by atoms with Crippen LogP contribution in [-0.2, 0) is 6.42 Å². The Morgan fingerprint density at radius 2 is 1.45 bits per heavy atom. The molecule has 3 aromatic rings. The quantitative estimate of drug-likeness (QED) is 0.606. The molecule has 1 aliphatic heterocycles. The average Bonchev–Trinajstić information content (AvgIpc) is 2.79. The summed E-state index contributed by atoms with van der Waals surface area (Å²) in [5, 5.41) is 13.5. The highest BCUT2D eigenvalue weighted by molar-refractivity contribution is 5.47. The normalized spacial score (nSPS) is 22.2. The number of hydrogen-bond donors (Lipinski definition) is 2. The number of aromatic hydroxyl groups is 1. The minimum atomic E-state index is 0.337. The number of phenols is 1. The van der Waals surface area contributed by atoms with Crippen LogP contribution in [0.4, 0.5) is 0 Å². The highest BCUT2D eigenvalue weighted by atomic mass is 16.3. The second kappa shape index (κ2) is 8.04. The van der Waals surface area contributed by atoms with Gasteiger partial charge in [0.2, 0.25) is 0 Å². The van der Waals surface area contributed by atoms with Crippen molar-refractivity contribution in [1.82, 2.24) is 5.32 Å². The Hall–Kier alpha value is -2.58. The zero-order valence-corrected chi connectivity index (χ0v) is 16.9. The van der Waals surface area contributed by atoms with Crippen molar-refractivity contribution in [2.75, 3.05) is 13.1 Å². The van der Waals surface area contributed by atoms with Crippen LogP contribution in [0.25, 0.3) is 0 Å². The maximum atomic E-state index is 10.0. The SMILES string of the molecule is Oc1ccc2c(c1)CCC(c1ccccc1)C2c1ccc(C2CCNCC2)cc1. The fourth-order valence-corrected chi connectivity index (χ4v) is 5.41. The van der Waals surface area contributed by atoms with Crippen molar-refractivity contribution in [2.24, 2.45) is 0 Å². The first kappa shape index (κ1) is 18.4. The highest BCUT2D eigenvalue weighted by Gasteiger charge is 2.32. The molecule has 1 fully saturated rings. The molecule has 5 rings (SSSR count). The second-order valence-electron chi connectivity index (χ2n) is 8.61. The van der Waals surface area contributed by atoms with Crippen molar-refractivity contribution >= 4 is 0 Å². The maximum Gasteiger partial charge on any atom is 0.115 e. The van der Waals surface area contributed by atoms with Crippen molar-refractivity contribution < 1.29 is 5.11 Å². The first-order chi connectivity index (χ1) is 14.3. The van der Waals surface area contributed by atoms with Crippen molar-refractivity contribution in [3.8, 4) is 5.75 Å². The molecule has 148 valence electrons. The van der Waals surface area contributed by atoms with E-state index in [0.29, 0.717) is 23.5 Å². The second-order valence-corrected chi connectivity index (χ2v) is 8.61. The van der Waals surface area contributed by atoms with Crippen LogP contribution in [0.5, 0.6) is 5.75 Å². The van der Waals surface area contributed by atoms with Crippen LogP contribution >= 0.6 is 0 Å². The topological polar surface area (TPSA) is 32.3 Å². The fourth-order valence-electron chi connectivity index (χ4n) is 5.41. The van der Waals surface area contributed by atoms with Crippen LogP contribution < -0.4 is 5.32 Å². The summed E-state index contributed by atoms with van der Waals surface area (Å²) in [6.45, 7) is 2.25. The van der Waals surface area contributed by atoms with Gasteiger partial charge in [0.15, 0.2) is 0 Å². The van der Waals surface area contributed by atoms with Gasteiger partial charge in [-0.2, -0.15) is 0 Å². The molecule has 0 amide bonds. The number of benzene rings is 3. The number of rotatable bonds is 3. The molecule has 0 saturated carbocycles. The Morgan fingerprint density at radius 1 is 0.724 bits per heavy atom. The van der Waals surface area contributed by atoms with Crippen molar-refractivity contribution in [3.05, 3.63) is 101 Å². The smallest absolute Gasteiger partial charge is 0.115 e. The van der Waals surface area contributed by atoms with Gasteiger partial charge in [-0.3, -0.25) is 0 Å². The number of aryl methyl sites for hydroxylation is 1. The summed E-state index contributed by atoms with van der Waals surface area (Å²) in [6.07, 6.45) is 4.60. The number of phenolic OH excluding ortho intramolecular Hbond substituents is 1. The summed E-state index contributed by atoms with van der Waals surface area (Å²) >= 11 is 0. The Balaban J connectivity index is 1.53. The van der Waals surface area contributed by atoms with Crippen molar-refractivity contribution in [2.45, 2.75) is 43.4 Å². The van der Waals surface area contributed by atoms with E-state index in [1.807, 2.05) is 12.1 Å². The minimum Gasteiger partial charge on any atom is -0.508 e. The van der Waals surface area contributed by atoms with E-state index in [9.17, 15) is 5.11 Å². The summed E-state index contributed by atoms with van der Waals surface area (Å²) in [6, 6.07) is 26.3. The molecule has 0 radical (unpaired) electrons. The van der Waals surface area contributed by atoms with Crippen molar-refractivity contribution in [1.29, 1.82) is 0 Å². The lowest BCUT2D eigenvalue weighted by Gasteiger charge is -2.35. The molecular formula is C27H29NO. The largest absolute Gasteiger partial charge is 0.508 e. The number of piperidine rings is 1. The molecule has 0 spiro atoms. The van der Waals surface area contributed by atoms with Gasteiger partial charge in [0.1, 0.15) is 5.75 Å². The average molecular weight is 384 g/mol. The molecule has 2 unspecified atom stereocenters. The number of fused-ring (bicyclic) bond motifs is 1. The number of nitrogens with one attached hydrogen (secondary N) is 1. The third kappa shape index (κ3) is 3.70. The predicted octanol–water partition coefficient (Wildman–Crippen LogP) is 5.72. The van der Waals surface area contributed by atoms with Gasteiger partial charge >= 0.3 is 0 Å². The molecule has 0 bridgehead atoms. The van der Waals surface area contributed by atoms with Crippen LogP contribution in [0.3, 0.4) is 0 Å². The minimum absolute atomic E-state index is 0.337. The third-order valence-electron chi connectivity index (χ3n) is 6.92. The van der Waals surface area contributed by atoms with Crippen LogP contribution in [0.2, 0.25) is 0 Å². The summed E-state index contributed by atoms with van der Waals surface area (Å²) in [5.74, 6) is 1.87. The van der Waals surface area contributed by atoms with Crippen LogP contribution in [0.15, 0.2) is 72.8 Å². The molecule has 2 aliphatic rings. The first-order valence-electron chi connectivity index (χ1n) is 11.0. The van der Waals surface area contributed by atoms with Gasteiger partial charge < -0.3 is 10.4 Å². The summed E-state index contributed by atoms with van der Waals surface area (Å²) in [4.78, 5) is 0. The van der Waals surface area contributed by atoms with Crippen LogP contribution in [0.1, 0.15) is 64.8 Å². The molecule has 2 nitrogen and oxygen atoms in total. The Kier molecular flexibility index (Phi) is 5.12. The molecule has 1 saturated heterocycles. The van der Waals surface area contributed by atoms with Crippen molar-refractivity contribution in [3.63, 3.8) is 0 Å². The molecular weight excluding hydrogens is 354 g/mol. The fraction of sp³-hybridized carbons (Fsp3) is 0.333. The molecule has 0 aromatic heterocycles. The molecule has 1 heterocycles. The number of hydrogen-bond acceptors (Lipinski definition) is 2. The highest BCUT2D eigenvalue weighted by Crippen LogP contribution is 2.47. The van der Waals surface area contributed by atoms with E-state index in [1.165, 1.54) is 40.7 Å². The molecule has 1 aliphatic carbocycles. The summed E-state index contributed by atoms with van der Waals surface area (Å²) in [5.41, 5.74) is 6.96. The lowest BCUT2D eigenvalue weighted by molar-refractivity contribution is 0.460. The van der Waals surface area contributed by atoms with Gasteiger partial charge in [0.05, 0.1) is 0 Å². The zero-order chi connectivity index (χ0) is 19.6. The molecule has 29 heavy (non-hydrogen) atoms. The van der Waals surface area contributed by atoms with Gasteiger partial charge in [-0.15, -0.1) is 0 Å². The van der Waals surface area contributed by atoms with E-state index < -0.39 is 0 Å². The Bertz CT molecular complexity index is 958.